The highest BCUT2D eigenvalue weighted by atomic mass is 35.5. The van der Waals surface area contributed by atoms with Gasteiger partial charge in [0.05, 0.1) is 0 Å². The summed E-state index contributed by atoms with van der Waals surface area (Å²) in [5.41, 5.74) is 4.17. The highest BCUT2D eigenvalue weighted by Crippen LogP contribution is 2.24. The van der Waals surface area contributed by atoms with E-state index in [1.165, 1.54) is 23.1 Å². The molecule has 1 aromatic carbocycles. The van der Waals surface area contributed by atoms with Crippen molar-refractivity contribution in [3.8, 4) is 0 Å². The zero-order chi connectivity index (χ0) is 9.84. The Morgan fingerprint density at radius 1 is 1.23 bits per heavy atom. The molecule has 0 aromatic heterocycles. The van der Waals surface area contributed by atoms with Crippen LogP contribution in [0.25, 0.3) is 0 Å². The lowest BCUT2D eigenvalue weighted by Gasteiger charge is -2.11. The molecule has 1 heteroatoms. The Balaban J connectivity index is 3.15. The average Bonchev–Trinajstić information content (AvgIpc) is 2.14. The number of hydrogen-bond donors (Lipinski definition) is 0. The van der Waals surface area contributed by atoms with E-state index in [2.05, 4.69) is 26.8 Å². The van der Waals surface area contributed by atoms with Gasteiger partial charge in [0.15, 0.2) is 0 Å². The molecule has 0 fully saturated rings. The second kappa shape index (κ2) is 4.66. The standard InChI is InChI=1S/C12H17Cl/c1-4-6-11-9(3)12(13)8-7-10(11)5-2/h7-8H,4-6H2,1-3H3. The molecule has 13 heavy (non-hydrogen) atoms. The minimum Gasteiger partial charge on any atom is -0.0840 e. The summed E-state index contributed by atoms with van der Waals surface area (Å²) in [7, 11) is 0. The minimum atomic E-state index is 0.903. The topological polar surface area (TPSA) is 0 Å². The van der Waals surface area contributed by atoms with Crippen LogP contribution in [0.15, 0.2) is 12.1 Å². The first-order chi connectivity index (χ1) is 6.20. The Morgan fingerprint density at radius 3 is 2.46 bits per heavy atom. The Bertz CT molecular complexity index is 289. The molecule has 0 spiro atoms. The van der Waals surface area contributed by atoms with Crippen LogP contribution in [0.3, 0.4) is 0 Å². The summed E-state index contributed by atoms with van der Waals surface area (Å²) in [6.07, 6.45) is 3.44. The number of hydrogen-bond acceptors (Lipinski definition) is 0. The summed E-state index contributed by atoms with van der Waals surface area (Å²) in [4.78, 5) is 0. The fraction of sp³-hybridized carbons (Fsp3) is 0.500. The summed E-state index contributed by atoms with van der Waals surface area (Å²) >= 11 is 6.08. The third kappa shape index (κ3) is 2.25. The van der Waals surface area contributed by atoms with Gasteiger partial charge in [-0.1, -0.05) is 37.9 Å². The molecule has 0 nitrogen and oxygen atoms in total. The Kier molecular flexibility index (Phi) is 3.80. The molecule has 0 bridgehead atoms. The lowest BCUT2D eigenvalue weighted by Crippen LogP contribution is -1.96. The van der Waals surface area contributed by atoms with Crippen molar-refractivity contribution in [2.24, 2.45) is 0 Å². The van der Waals surface area contributed by atoms with Crippen molar-refractivity contribution in [1.29, 1.82) is 0 Å². The molecule has 0 aliphatic rings. The number of halogens is 1. The highest BCUT2D eigenvalue weighted by Gasteiger charge is 2.06. The molecule has 0 aliphatic carbocycles. The molecule has 0 heterocycles. The molecule has 0 aliphatic heterocycles. The quantitative estimate of drug-likeness (QED) is 0.681. The number of benzene rings is 1. The van der Waals surface area contributed by atoms with E-state index in [9.17, 15) is 0 Å². The van der Waals surface area contributed by atoms with Gasteiger partial charge in [-0.15, -0.1) is 0 Å². The third-order valence-electron chi connectivity index (χ3n) is 2.51. The molecular weight excluding hydrogens is 180 g/mol. The van der Waals surface area contributed by atoms with Crippen molar-refractivity contribution in [3.63, 3.8) is 0 Å². The van der Waals surface area contributed by atoms with Crippen LogP contribution in [-0.4, -0.2) is 0 Å². The van der Waals surface area contributed by atoms with E-state index in [1.54, 1.807) is 0 Å². The fourth-order valence-corrected chi connectivity index (χ4v) is 1.89. The first-order valence-electron chi connectivity index (χ1n) is 4.97. The summed E-state index contributed by atoms with van der Waals surface area (Å²) in [6.45, 7) is 6.52. The maximum absolute atomic E-state index is 6.08. The van der Waals surface area contributed by atoms with Gasteiger partial charge in [0.2, 0.25) is 0 Å². The van der Waals surface area contributed by atoms with Crippen LogP contribution in [0, 0.1) is 6.92 Å². The van der Waals surface area contributed by atoms with Crippen LogP contribution >= 0.6 is 11.6 Å². The van der Waals surface area contributed by atoms with Crippen LogP contribution in [-0.2, 0) is 12.8 Å². The maximum atomic E-state index is 6.08. The summed E-state index contributed by atoms with van der Waals surface area (Å²) in [5, 5.41) is 0.903. The third-order valence-corrected chi connectivity index (χ3v) is 2.92. The van der Waals surface area contributed by atoms with E-state index >= 15 is 0 Å². The maximum Gasteiger partial charge on any atom is 0.0438 e. The number of rotatable bonds is 3. The molecule has 0 amide bonds. The number of aryl methyl sites for hydroxylation is 1. The predicted octanol–water partition coefficient (Wildman–Crippen LogP) is 4.16. The molecule has 1 rings (SSSR count). The first-order valence-corrected chi connectivity index (χ1v) is 5.35. The van der Waals surface area contributed by atoms with Gasteiger partial charge in [0, 0.05) is 5.02 Å². The van der Waals surface area contributed by atoms with E-state index in [0.717, 1.165) is 17.9 Å². The second-order valence-electron chi connectivity index (χ2n) is 3.41. The monoisotopic (exact) mass is 196 g/mol. The van der Waals surface area contributed by atoms with Gasteiger partial charge >= 0.3 is 0 Å². The van der Waals surface area contributed by atoms with Crippen molar-refractivity contribution >= 4 is 11.6 Å². The SMILES string of the molecule is CCCc1c(CC)ccc(Cl)c1C. The smallest absolute Gasteiger partial charge is 0.0438 e. The van der Waals surface area contributed by atoms with E-state index in [4.69, 9.17) is 11.6 Å². The molecule has 0 atom stereocenters. The first kappa shape index (κ1) is 10.6. The largest absolute Gasteiger partial charge is 0.0840 e. The van der Waals surface area contributed by atoms with Crippen LogP contribution in [0.4, 0.5) is 0 Å². The second-order valence-corrected chi connectivity index (χ2v) is 3.82. The van der Waals surface area contributed by atoms with Gasteiger partial charge < -0.3 is 0 Å². The molecule has 0 saturated heterocycles. The van der Waals surface area contributed by atoms with Crippen LogP contribution in [0.1, 0.15) is 37.0 Å². The van der Waals surface area contributed by atoms with E-state index < -0.39 is 0 Å². The molecule has 0 saturated carbocycles. The molecule has 1 aromatic rings. The van der Waals surface area contributed by atoms with E-state index in [0.29, 0.717) is 0 Å². The summed E-state index contributed by atoms with van der Waals surface area (Å²) in [6, 6.07) is 4.16. The van der Waals surface area contributed by atoms with Crippen LogP contribution < -0.4 is 0 Å². The van der Waals surface area contributed by atoms with Crippen LogP contribution in [0.2, 0.25) is 5.02 Å². The van der Waals surface area contributed by atoms with Gasteiger partial charge in [0.1, 0.15) is 0 Å². The zero-order valence-corrected chi connectivity index (χ0v) is 9.41. The van der Waals surface area contributed by atoms with Crippen molar-refractivity contribution in [3.05, 3.63) is 33.8 Å². The lowest BCUT2D eigenvalue weighted by molar-refractivity contribution is 0.890. The molecule has 0 unspecified atom stereocenters. The minimum absolute atomic E-state index is 0.903. The Labute approximate surface area is 85.9 Å². The molecule has 72 valence electrons. The van der Waals surface area contributed by atoms with Crippen molar-refractivity contribution in [2.45, 2.75) is 40.0 Å². The zero-order valence-electron chi connectivity index (χ0n) is 8.65. The highest BCUT2D eigenvalue weighted by molar-refractivity contribution is 6.31. The van der Waals surface area contributed by atoms with E-state index in [1.807, 2.05) is 6.07 Å². The molecular formula is C12H17Cl. The van der Waals surface area contributed by atoms with Crippen molar-refractivity contribution in [1.82, 2.24) is 0 Å². The molecule has 0 radical (unpaired) electrons. The summed E-state index contributed by atoms with van der Waals surface area (Å²) < 4.78 is 0. The average molecular weight is 197 g/mol. The predicted molar refractivity (Wildman–Crippen MR) is 59.6 cm³/mol. The van der Waals surface area contributed by atoms with Gasteiger partial charge in [-0.05, 0) is 42.5 Å². The Hall–Kier alpha value is -0.490. The van der Waals surface area contributed by atoms with Crippen molar-refractivity contribution in [2.75, 3.05) is 0 Å². The van der Waals surface area contributed by atoms with Gasteiger partial charge in [-0.25, -0.2) is 0 Å². The van der Waals surface area contributed by atoms with Gasteiger partial charge in [-0.2, -0.15) is 0 Å². The van der Waals surface area contributed by atoms with Gasteiger partial charge in [0.25, 0.3) is 0 Å². The summed E-state index contributed by atoms with van der Waals surface area (Å²) in [5.74, 6) is 0. The van der Waals surface area contributed by atoms with Crippen molar-refractivity contribution < 1.29 is 0 Å². The fourth-order valence-electron chi connectivity index (χ4n) is 1.71. The molecule has 0 N–H and O–H groups in total. The van der Waals surface area contributed by atoms with E-state index in [-0.39, 0.29) is 0 Å². The lowest BCUT2D eigenvalue weighted by atomic mass is 9.96. The van der Waals surface area contributed by atoms with Gasteiger partial charge in [-0.3, -0.25) is 0 Å². The normalized spacial score (nSPS) is 10.5. The Morgan fingerprint density at radius 2 is 1.92 bits per heavy atom. The van der Waals surface area contributed by atoms with Crippen LogP contribution in [0.5, 0.6) is 0 Å².